The van der Waals surface area contributed by atoms with Gasteiger partial charge in [0, 0.05) is 39.0 Å². The van der Waals surface area contributed by atoms with E-state index in [1.54, 1.807) is 58.3 Å². The number of amides is 2. The van der Waals surface area contributed by atoms with Gasteiger partial charge in [0.05, 0.1) is 26.4 Å². The van der Waals surface area contributed by atoms with Crippen LogP contribution >= 0.6 is 0 Å². The summed E-state index contributed by atoms with van der Waals surface area (Å²) in [5.74, 6) is -0.181. The molecular weight excluding hydrogens is 460 g/mol. The molecule has 0 saturated carbocycles. The summed E-state index contributed by atoms with van der Waals surface area (Å²) in [5.41, 5.74) is -2.60. The number of hydrogen-bond acceptors (Lipinski definition) is 6. The lowest BCUT2D eigenvalue weighted by atomic mass is 9.68. The van der Waals surface area contributed by atoms with Gasteiger partial charge in [-0.05, 0) is 24.0 Å². The SMILES string of the molecule is O=C(CC[C@@](O)(c1ccccc1)[C@](O)(CCC(=O)N1CCOCC1)c1ccccc1)N1CCOCC1. The van der Waals surface area contributed by atoms with Gasteiger partial charge in [-0.1, -0.05) is 60.7 Å². The fourth-order valence-corrected chi connectivity index (χ4v) is 5.12. The Kier molecular flexibility index (Phi) is 8.74. The predicted octanol–water partition coefficient (Wildman–Crippen LogP) is 2.04. The quantitative estimate of drug-likeness (QED) is 0.551. The molecule has 2 aromatic carbocycles. The molecule has 2 fully saturated rings. The molecule has 2 aliphatic heterocycles. The van der Waals surface area contributed by atoms with Crippen molar-refractivity contribution >= 4 is 11.8 Å². The van der Waals surface area contributed by atoms with Crippen molar-refractivity contribution in [2.45, 2.75) is 36.9 Å². The second-order valence-electron chi connectivity index (χ2n) is 9.44. The van der Waals surface area contributed by atoms with Crippen LogP contribution in [0.15, 0.2) is 60.7 Å². The lowest BCUT2D eigenvalue weighted by Gasteiger charge is -2.45. The van der Waals surface area contributed by atoms with Crippen LogP contribution in [0.3, 0.4) is 0 Å². The molecule has 2 aromatic rings. The highest BCUT2D eigenvalue weighted by atomic mass is 16.5. The predicted molar refractivity (Wildman–Crippen MR) is 134 cm³/mol. The molecule has 8 heteroatoms. The van der Waals surface area contributed by atoms with E-state index in [4.69, 9.17) is 9.47 Å². The summed E-state index contributed by atoms with van der Waals surface area (Å²) in [4.78, 5) is 29.5. The normalized spacial score (nSPS) is 19.8. The first-order chi connectivity index (χ1) is 17.4. The third-order valence-corrected chi connectivity index (χ3v) is 7.32. The second-order valence-corrected chi connectivity index (χ2v) is 9.44. The topological polar surface area (TPSA) is 99.5 Å². The summed E-state index contributed by atoms with van der Waals surface area (Å²) in [6.07, 6.45) is 0.116. The lowest BCUT2D eigenvalue weighted by molar-refractivity contribution is -0.180. The maximum Gasteiger partial charge on any atom is 0.222 e. The first kappa shape index (κ1) is 26.3. The van der Waals surface area contributed by atoms with Gasteiger partial charge in [-0.15, -0.1) is 0 Å². The molecule has 2 N–H and O–H groups in total. The average molecular weight is 497 g/mol. The van der Waals surface area contributed by atoms with Gasteiger partial charge in [0.2, 0.25) is 11.8 Å². The van der Waals surface area contributed by atoms with Gasteiger partial charge in [0.25, 0.3) is 0 Å². The number of nitrogens with zero attached hydrogens (tertiary/aromatic N) is 2. The Hall–Kier alpha value is -2.78. The van der Waals surface area contributed by atoms with Crippen LogP contribution in [0.5, 0.6) is 0 Å². The summed E-state index contributed by atoms with van der Waals surface area (Å²) < 4.78 is 10.7. The number of morpholine rings is 2. The Morgan fingerprint density at radius 3 is 1.31 bits per heavy atom. The third kappa shape index (κ3) is 5.78. The summed E-state index contributed by atoms with van der Waals surface area (Å²) in [6.45, 7) is 4.02. The Balaban J connectivity index is 1.64. The largest absolute Gasteiger partial charge is 0.382 e. The highest BCUT2D eigenvalue weighted by Gasteiger charge is 2.51. The van der Waals surface area contributed by atoms with Crippen LogP contribution in [0.2, 0.25) is 0 Å². The number of carbonyl (C=O) groups is 2. The van der Waals surface area contributed by atoms with E-state index in [-0.39, 0.29) is 37.5 Å². The van der Waals surface area contributed by atoms with Crippen molar-refractivity contribution in [2.24, 2.45) is 0 Å². The Morgan fingerprint density at radius 2 is 0.972 bits per heavy atom. The first-order valence-corrected chi connectivity index (χ1v) is 12.7. The maximum atomic E-state index is 13.0. The maximum absolute atomic E-state index is 13.0. The van der Waals surface area contributed by atoms with Gasteiger partial charge in [0.1, 0.15) is 11.2 Å². The molecular formula is C28H36N2O6. The van der Waals surface area contributed by atoms with E-state index in [9.17, 15) is 19.8 Å². The molecule has 2 atom stereocenters. The van der Waals surface area contributed by atoms with Crippen LogP contribution in [0, 0.1) is 0 Å². The fourth-order valence-electron chi connectivity index (χ4n) is 5.12. The molecule has 0 radical (unpaired) electrons. The minimum atomic E-state index is -1.80. The van der Waals surface area contributed by atoms with E-state index in [1.165, 1.54) is 0 Å². The molecule has 0 aliphatic carbocycles. The van der Waals surface area contributed by atoms with E-state index < -0.39 is 11.2 Å². The van der Waals surface area contributed by atoms with E-state index in [0.717, 1.165) is 0 Å². The number of benzene rings is 2. The molecule has 194 valence electrons. The van der Waals surface area contributed by atoms with E-state index in [1.807, 2.05) is 12.1 Å². The zero-order chi connectivity index (χ0) is 25.4. The Bertz CT molecular complexity index is 910. The molecule has 2 amide bonds. The number of carbonyl (C=O) groups excluding carboxylic acids is 2. The summed E-state index contributed by atoms with van der Waals surface area (Å²) in [6, 6.07) is 17.9. The van der Waals surface area contributed by atoms with Crippen molar-refractivity contribution in [1.82, 2.24) is 9.80 Å². The zero-order valence-electron chi connectivity index (χ0n) is 20.7. The number of aliphatic hydroxyl groups is 2. The number of rotatable bonds is 9. The van der Waals surface area contributed by atoms with Gasteiger partial charge in [-0.25, -0.2) is 0 Å². The average Bonchev–Trinajstić information content (AvgIpc) is 2.96. The van der Waals surface area contributed by atoms with E-state index in [2.05, 4.69) is 0 Å². The van der Waals surface area contributed by atoms with Crippen molar-refractivity contribution in [1.29, 1.82) is 0 Å². The molecule has 2 aliphatic rings. The van der Waals surface area contributed by atoms with Crippen LogP contribution in [0.1, 0.15) is 36.8 Å². The van der Waals surface area contributed by atoms with Crippen molar-refractivity contribution in [3.05, 3.63) is 71.8 Å². The summed E-state index contributed by atoms with van der Waals surface area (Å²) in [5, 5.41) is 24.7. The number of ether oxygens (including phenoxy) is 2. The first-order valence-electron chi connectivity index (χ1n) is 12.7. The molecule has 0 aromatic heterocycles. The lowest BCUT2D eigenvalue weighted by Crippen LogP contribution is -2.51. The van der Waals surface area contributed by atoms with Gasteiger partial charge >= 0.3 is 0 Å². The van der Waals surface area contributed by atoms with Crippen molar-refractivity contribution in [3.63, 3.8) is 0 Å². The van der Waals surface area contributed by atoms with Crippen LogP contribution in [0.25, 0.3) is 0 Å². The molecule has 0 bridgehead atoms. The smallest absolute Gasteiger partial charge is 0.222 e. The monoisotopic (exact) mass is 496 g/mol. The summed E-state index contributed by atoms with van der Waals surface area (Å²) in [7, 11) is 0. The van der Waals surface area contributed by atoms with Crippen molar-refractivity contribution in [3.8, 4) is 0 Å². The Labute approximate surface area is 212 Å². The van der Waals surface area contributed by atoms with E-state index in [0.29, 0.717) is 63.7 Å². The van der Waals surface area contributed by atoms with Crippen LogP contribution in [-0.2, 0) is 30.3 Å². The molecule has 8 nitrogen and oxygen atoms in total. The highest BCUT2D eigenvalue weighted by Crippen LogP contribution is 2.47. The van der Waals surface area contributed by atoms with Crippen LogP contribution in [-0.4, -0.2) is 84.4 Å². The molecule has 0 spiro atoms. The van der Waals surface area contributed by atoms with Crippen LogP contribution < -0.4 is 0 Å². The standard InChI is InChI=1S/C28H36N2O6/c31-25(29-15-19-35-20-16-29)11-13-27(33,23-7-3-1-4-8-23)28(34,24-9-5-2-6-10-24)14-12-26(32)30-17-21-36-22-18-30/h1-10,33-34H,11-22H2/t27-,28+. The van der Waals surface area contributed by atoms with Crippen molar-refractivity contribution < 1.29 is 29.3 Å². The molecule has 4 rings (SSSR count). The molecule has 36 heavy (non-hydrogen) atoms. The van der Waals surface area contributed by atoms with E-state index >= 15 is 0 Å². The second kappa shape index (κ2) is 12.0. The van der Waals surface area contributed by atoms with Crippen molar-refractivity contribution in [2.75, 3.05) is 52.6 Å². The van der Waals surface area contributed by atoms with Gasteiger partial charge in [0.15, 0.2) is 0 Å². The van der Waals surface area contributed by atoms with Gasteiger partial charge in [-0.3, -0.25) is 9.59 Å². The molecule has 2 heterocycles. The molecule has 2 saturated heterocycles. The zero-order valence-corrected chi connectivity index (χ0v) is 20.7. The van der Waals surface area contributed by atoms with Gasteiger partial charge in [-0.2, -0.15) is 0 Å². The number of hydrogen-bond donors (Lipinski definition) is 2. The van der Waals surface area contributed by atoms with Gasteiger partial charge < -0.3 is 29.5 Å². The van der Waals surface area contributed by atoms with Crippen LogP contribution in [0.4, 0.5) is 0 Å². The Morgan fingerprint density at radius 1 is 0.639 bits per heavy atom. The highest BCUT2D eigenvalue weighted by molar-refractivity contribution is 5.77. The minimum absolute atomic E-state index is 0.00431. The summed E-state index contributed by atoms with van der Waals surface area (Å²) >= 11 is 0. The molecule has 0 unspecified atom stereocenters. The fraction of sp³-hybridized carbons (Fsp3) is 0.500. The minimum Gasteiger partial charge on any atom is -0.382 e. The third-order valence-electron chi connectivity index (χ3n) is 7.32.